The molecule has 0 saturated carbocycles. The van der Waals surface area contributed by atoms with Gasteiger partial charge in [0.25, 0.3) is 0 Å². The fourth-order valence-corrected chi connectivity index (χ4v) is 0.858. The van der Waals surface area contributed by atoms with Crippen LogP contribution in [0.25, 0.3) is 0 Å². The molecule has 0 aromatic carbocycles. The van der Waals surface area contributed by atoms with Gasteiger partial charge in [0.2, 0.25) is 0 Å². The molecule has 0 aromatic rings. The van der Waals surface area contributed by atoms with E-state index in [0.29, 0.717) is 39.6 Å². The molecule has 7 nitrogen and oxygen atoms in total. The topological polar surface area (TPSA) is 109 Å². The molecule has 0 bridgehead atoms. The maximum absolute atomic E-state index is 8.26. The number of rotatable bonds is 12. The molecule has 19 heavy (non-hydrogen) atoms. The average Bonchev–Trinajstić information content (AvgIpc) is 2.39. The second-order valence-corrected chi connectivity index (χ2v) is 3.07. The van der Waals surface area contributed by atoms with E-state index in [2.05, 4.69) is 0 Å². The van der Waals surface area contributed by atoms with Crippen LogP contribution in [-0.2, 0) is 18.9 Å². The first-order chi connectivity index (χ1) is 8.83. The van der Waals surface area contributed by atoms with Crippen molar-refractivity contribution >= 4 is 0 Å². The molecule has 0 rings (SSSR count). The average molecular weight is 286 g/mol. The molecular formula is C12H30O7. The first-order valence-electron chi connectivity index (χ1n) is 6.36. The van der Waals surface area contributed by atoms with E-state index in [0.717, 1.165) is 13.2 Å². The van der Waals surface area contributed by atoms with E-state index in [1.54, 1.807) is 0 Å². The van der Waals surface area contributed by atoms with Gasteiger partial charge in [-0.3, -0.25) is 0 Å². The second kappa shape index (κ2) is 26.3. The molecule has 0 spiro atoms. The molecule has 0 aliphatic heterocycles. The van der Waals surface area contributed by atoms with E-state index in [4.69, 9.17) is 29.2 Å². The van der Waals surface area contributed by atoms with Gasteiger partial charge in [0.1, 0.15) is 0 Å². The number of aliphatic hydroxyl groups excluding tert-OH is 2. The lowest BCUT2D eigenvalue weighted by molar-refractivity contribution is 0.0370. The van der Waals surface area contributed by atoms with Crippen molar-refractivity contribution in [2.24, 2.45) is 0 Å². The predicted molar refractivity (Wildman–Crippen MR) is 72.4 cm³/mol. The lowest BCUT2D eigenvalue weighted by atomic mass is 10.7. The molecule has 120 valence electrons. The van der Waals surface area contributed by atoms with Crippen LogP contribution in [0.3, 0.4) is 0 Å². The van der Waals surface area contributed by atoms with Crippen LogP contribution >= 0.6 is 0 Å². The Kier molecular flexibility index (Phi) is 32.9. The summed E-state index contributed by atoms with van der Waals surface area (Å²) in [5.41, 5.74) is 0. The molecule has 7 heteroatoms. The van der Waals surface area contributed by atoms with Gasteiger partial charge in [0.15, 0.2) is 0 Å². The van der Waals surface area contributed by atoms with E-state index in [-0.39, 0.29) is 18.7 Å². The number of aliphatic hydroxyl groups is 2. The Bertz CT molecular complexity index is 98.6. The fraction of sp³-hybridized carbons (Fsp3) is 1.00. The van der Waals surface area contributed by atoms with Gasteiger partial charge in [-0.1, -0.05) is 0 Å². The Labute approximate surface area is 115 Å². The van der Waals surface area contributed by atoms with Gasteiger partial charge in [-0.05, 0) is 13.8 Å². The van der Waals surface area contributed by atoms with Crippen LogP contribution in [-0.4, -0.2) is 81.8 Å². The van der Waals surface area contributed by atoms with Crippen molar-refractivity contribution in [1.82, 2.24) is 0 Å². The lowest BCUT2D eigenvalue weighted by Crippen LogP contribution is -2.06. The third kappa shape index (κ3) is 31.9. The zero-order valence-electron chi connectivity index (χ0n) is 12.1. The molecular weight excluding hydrogens is 256 g/mol. The Morgan fingerprint density at radius 2 is 0.895 bits per heavy atom. The molecule has 4 N–H and O–H groups in total. The van der Waals surface area contributed by atoms with Crippen LogP contribution in [0, 0.1) is 0 Å². The molecule has 0 aliphatic carbocycles. The molecule has 0 aliphatic rings. The minimum Gasteiger partial charge on any atom is -0.412 e. The fourth-order valence-electron chi connectivity index (χ4n) is 0.858. The van der Waals surface area contributed by atoms with Crippen LogP contribution in [0.4, 0.5) is 0 Å². The summed E-state index contributed by atoms with van der Waals surface area (Å²) in [5, 5.41) is 16.5. The lowest BCUT2D eigenvalue weighted by Gasteiger charge is -2.00. The summed E-state index contributed by atoms with van der Waals surface area (Å²) >= 11 is 0. The minimum atomic E-state index is 0. The van der Waals surface area contributed by atoms with Gasteiger partial charge in [-0.2, -0.15) is 0 Å². The molecule has 0 unspecified atom stereocenters. The molecule has 0 saturated heterocycles. The van der Waals surface area contributed by atoms with Crippen LogP contribution in [0.2, 0.25) is 0 Å². The summed E-state index contributed by atoms with van der Waals surface area (Å²) < 4.78 is 19.8. The first kappa shape index (κ1) is 23.8. The van der Waals surface area contributed by atoms with Gasteiger partial charge in [-0.15, -0.1) is 0 Å². The SMILES string of the molecule is CCOCCOCCO.CCOCCOCCO.O. The number of hydrogen-bond acceptors (Lipinski definition) is 6. The largest absolute Gasteiger partial charge is 0.412 e. The predicted octanol–water partition coefficient (Wildman–Crippen LogP) is -0.761. The van der Waals surface area contributed by atoms with Crippen molar-refractivity contribution in [1.29, 1.82) is 0 Å². The monoisotopic (exact) mass is 286 g/mol. The van der Waals surface area contributed by atoms with Gasteiger partial charge in [0, 0.05) is 13.2 Å². The standard InChI is InChI=1S/2C6H14O3.H2O/c2*1-2-8-5-6-9-4-3-7;/h2*7H,2-6H2,1H3;1H2. The maximum Gasteiger partial charge on any atom is 0.0701 e. The van der Waals surface area contributed by atoms with Crippen molar-refractivity contribution in [2.45, 2.75) is 13.8 Å². The van der Waals surface area contributed by atoms with E-state index < -0.39 is 0 Å². The molecule has 0 aromatic heterocycles. The zero-order chi connectivity index (χ0) is 13.9. The van der Waals surface area contributed by atoms with E-state index >= 15 is 0 Å². The number of hydrogen-bond donors (Lipinski definition) is 2. The van der Waals surface area contributed by atoms with E-state index in [1.165, 1.54) is 0 Å². The van der Waals surface area contributed by atoms with Crippen molar-refractivity contribution in [2.75, 3.05) is 66.1 Å². The van der Waals surface area contributed by atoms with E-state index in [1.807, 2.05) is 13.8 Å². The highest BCUT2D eigenvalue weighted by atomic mass is 16.5. The molecule has 0 radical (unpaired) electrons. The Morgan fingerprint density at radius 3 is 1.16 bits per heavy atom. The second-order valence-electron chi connectivity index (χ2n) is 3.07. The van der Waals surface area contributed by atoms with Gasteiger partial charge >= 0.3 is 0 Å². The first-order valence-corrected chi connectivity index (χ1v) is 6.36. The zero-order valence-corrected chi connectivity index (χ0v) is 12.1. The van der Waals surface area contributed by atoms with Crippen molar-refractivity contribution in [3.8, 4) is 0 Å². The van der Waals surface area contributed by atoms with Crippen LogP contribution in [0.1, 0.15) is 13.8 Å². The van der Waals surface area contributed by atoms with Crippen LogP contribution in [0.5, 0.6) is 0 Å². The van der Waals surface area contributed by atoms with Crippen molar-refractivity contribution in [3.63, 3.8) is 0 Å². The smallest absolute Gasteiger partial charge is 0.0701 e. The van der Waals surface area contributed by atoms with Gasteiger partial charge in [-0.25, -0.2) is 0 Å². The van der Waals surface area contributed by atoms with E-state index in [9.17, 15) is 0 Å². The highest BCUT2D eigenvalue weighted by Crippen LogP contribution is 1.76. The highest BCUT2D eigenvalue weighted by Gasteiger charge is 1.85. The molecule has 0 heterocycles. The summed E-state index contributed by atoms with van der Waals surface area (Å²) in [7, 11) is 0. The van der Waals surface area contributed by atoms with Gasteiger partial charge in [0.05, 0.1) is 52.9 Å². The Morgan fingerprint density at radius 1 is 0.579 bits per heavy atom. The van der Waals surface area contributed by atoms with Crippen LogP contribution in [0.15, 0.2) is 0 Å². The maximum atomic E-state index is 8.26. The summed E-state index contributed by atoms with van der Waals surface area (Å²) in [4.78, 5) is 0. The summed E-state index contributed by atoms with van der Waals surface area (Å²) in [5.74, 6) is 0. The summed E-state index contributed by atoms with van der Waals surface area (Å²) in [6, 6.07) is 0. The molecule has 0 fully saturated rings. The summed E-state index contributed by atoms with van der Waals surface area (Å²) in [6.45, 7) is 8.72. The molecule has 0 amide bonds. The van der Waals surface area contributed by atoms with Gasteiger partial charge < -0.3 is 34.6 Å². The quantitative estimate of drug-likeness (QED) is 0.456. The van der Waals surface area contributed by atoms with Crippen molar-refractivity contribution in [3.05, 3.63) is 0 Å². The minimum absolute atomic E-state index is 0. The highest BCUT2D eigenvalue weighted by molar-refractivity contribution is 4.28. The Hall–Kier alpha value is -0.280. The van der Waals surface area contributed by atoms with Crippen molar-refractivity contribution < 1.29 is 34.6 Å². The number of ether oxygens (including phenoxy) is 4. The third-order valence-corrected chi connectivity index (χ3v) is 1.62. The summed E-state index contributed by atoms with van der Waals surface area (Å²) in [6.07, 6.45) is 0. The Balaban J connectivity index is -0.000000256. The third-order valence-electron chi connectivity index (χ3n) is 1.62. The van der Waals surface area contributed by atoms with Crippen LogP contribution < -0.4 is 0 Å². The molecule has 0 atom stereocenters. The normalized spacial score (nSPS) is 9.47.